The summed E-state index contributed by atoms with van der Waals surface area (Å²) in [6.45, 7) is 0. The van der Waals surface area contributed by atoms with Gasteiger partial charge in [-0.2, -0.15) is 0 Å². The minimum atomic E-state index is -0.409. The minimum absolute atomic E-state index is 0.0127. The zero-order valence-corrected chi connectivity index (χ0v) is 10.6. The number of nitro groups is 1. The van der Waals surface area contributed by atoms with Crippen molar-refractivity contribution in [1.82, 2.24) is 0 Å². The van der Waals surface area contributed by atoms with Crippen molar-refractivity contribution < 1.29 is 9.66 Å². The quantitative estimate of drug-likeness (QED) is 0.482. The Hall–Kier alpha value is -1.91. The van der Waals surface area contributed by atoms with E-state index < -0.39 is 4.92 Å². The second-order valence-electron chi connectivity index (χ2n) is 4.38. The highest BCUT2D eigenvalue weighted by Crippen LogP contribution is 2.51. The molecule has 1 aliphatic heterocycles. The van der Waals surface area contributed by atoms with Crippen molar-refractivity contribution in [1.29, 1.82) is 0 Å². The fourth-order valence-electron chi connectivity index (χ4n) is 2.06. The summed E-state index contributed by atoms with van der Waals surface area (Å²) in [6, 6.07) is 14.0. The van der Waals surface area contributed by atoms with Gasteiger partial charge in [0.1, 0.15) is 12.2 Å². The van der Waals surface area contributed by atoms with E-state index in [4.69, 9.17) is 16.3 Å². The summed E-state index contributed by atoms with van der Waals surface area (Å²) in [5.74, 6) is 0. The zero-order chi connectivity index (χ0) is 13.4. The number of nitrogens with zero attached hydrogens (tertiary/aromatic N) is 1. The molecule has 2 atom stereocenters. The molecule has 2 aromatic rings. The first-order valence-corrected chi connectivity index (χ1v) is 6.18. The van der Waals surface area contributed by atoms with Crippen LogP contribution in [0, 0.1) is 10.1 Å². The molecule has 19 heavy (non-hydrogen) atoms. The first-order valence-electron chi connectivity index (χ1n) is 5.80. The molecule has 0 N–H and O–H groups in total. The maximum atomic E-state index is 10.6. The Bertz CT molecular complexity index is 610. The second-order valence-corrected chi connectivity index (χ2v) is 4.81. The van der Waals surface area contributed by atoms with Gasteiger partial charge < -0.3 is 4.74 Å². The Morgan fingerprint density at radius 3 is 1.89 bits per heavy atom. The van der Waals surface area contributed by atoms with Crippen LogP contribution in [0.5, 0.6) is 0 Å². The smallest absolute Gasteiger partial charge is 0.269 e. The summed E-state index contributed by atoms with van der Waals surface area (Å²) in [5.41, 5.74) is 2.10. The number of epoxide rings is 1. The Balaban J connectivity index is 1.75. The van der Waals surface area contributed by atoms with Crippen LogP contribution in [0.3, 0.4) is 0 Å². The van der Waals surface area contributed by atoms with Gasteiger partial charge in [0.25, 0.3) is 5.69 Å². The fourth-order valence-corrected chi connectivity index (χ4v) is 2.18. The van der Waals surface area contributed by atoms with Crippen molar-refractivity contribution in [3.63, 3.8) is 0 Å². The van der Waals surface area contributed by atoms with E-state index in [0.29, 0.717) is 5.02 Å². The molecular weight excluding hydrogens is 266 g/mol. The minimum Gasteiger partial charge on any atom is -0.359 e. The summed E-state index contributed by atoms with van der Waals surface area (Å²) in [5, 5.41) is 11.3. The Morgan fingerprint density at radius 2 is 1.42 bits per heavy atom. The van der Waals surface area contributed by atoms with Crippen molar-refractivity contribution in [2.75, 3.05) is 0 Å². The first-order chi connectivity index (χ1) is 9.15. The van der Waals surface area contributed by atoms with E-state index in [1.54, 1.807) is 12.1 Å². The normalized spacial score (nSPS) is 21.1. The van der Waals surface area contributed by atoms with E-state index >= 15 is 0 Å². The molecular formula is C14H10ClNO3. The van der Waals surface area contributed by atoms with Gasteiger partial charge in [0, 0.05) is 17.2 Å². The number of halogens is 1. The standard InChI is InChI=1S/C14H10ClNO3/c15-11-5-1-9(2-6-11)13-14(19-13)10-3-7-12(8-4-10)16(17)18/h1-8,13-14H/t13-,14-/m1/s1. The monoisotopic (exact) mass is 275 g/mol. The van der Waals surface area contributed by atoms with E-state index in [1.807, 2.05) is 24.3 Å². The van der Waals surface area contributed by atoms with Crippen molar-refractivity contribution in [2.45, 2.75) is 12.2 Å². The van der Waals surface area contributed by atoms with Gasteiger partial charge in [-0.25, -0.2) is 0 Å². The van der Waals surface area contributed by atoms with Gasteiger partial charge in [0.15, 0.2) is 0 Å². The molecule has 0 aliphatic carbocycles. The molecule has 5 heteroatoms. The van der Waals surface area contributed by atoms with Crippen molar-refractivity contribution in [3.8, 4) is 0 Å². The molecule has 1 saturated heterocycles. The molecule has 0 radical (unpaired) electrons. The average molecular weight is 276 g/mol. The number of rotatable bonds is 3. The van der Waals surface area contributed by atoms with Crippen molar-refractivity contribution in [2.24, 2.45) is 0 Å². The molecule has 0 amide bonds. The Morgan fingerprint density at radius 1 is 0.947 bits per heavy atom. The van der Waals surface area contributed by atoms with Crippen LogP contribution in [0.2, 0.25) is 5.02 Å². The van der Waals surface area contributed by atoms with Crippen LogP contribution in [-0.4, -0.2) is 4.92 Å². The third-order valence-corrected chi connectivity index (χ3v) is 3.37. The van der Waals surface area contributed by atoms with Crippen LogP contribution < -0.4 is 0 Å². The lowest BCUT2D eigenvalue weighted by atomic mass is 10.0. The molecule has 1 fully saturated rings. The molecule has 96 valence electrons. The van der Waals surface area contributed by atoms with E-state index in [0.717, 1.165) is 11.1 Å². The maximum Gasteiger partial charge on any atom is 0.269 e. The maximum absolute atomic E-state index is 10.6. The molecule has 0 spiro atoms. The molecule has 2 aromatic carbocycles. The topological polar surface area (TPSA) is 55.7 Å². The van der Waals surface area contributed by atoms with Gasteiger partial charge in [0.2, 0.25) is 0 Å². The molecule has 1 heterocycles. The molecule has 1 aliphatic rings. The van der Waals surface area contributed by atoms with Crippen molar-refractivity contribution >= 4 is 17.3 Å². The highest BCUT2D eigenvalue weighted by atomic mass is 35.5. The summed E-state index contributed by atoms with van der Waals surface area (Å²) in [6.07, 6.45) is -0.0132. The molecule has 0 saturated carbocycles. The highest BCUT2D eigenvalue weighted by Gasteiger charge is 2.41. The van der Waals surface area contributed by atoms with Gasteiger partial charge in [-0.3, -0.25) is 10.1 Å². The highest BCUT2D eigenvalue weighted by molar-refractivity contribution is 6.30. The summed E-state index contributed by atoms with van der Waals surface area (Å²) >= 11 is 5.83. The van der Waals surface area contributed by atoms with Crippen LogP contribution in [0.25, 0.3) is 0 Å². The lowest BCUT2D eigenvalue weighted by Crippen LogP contribution is -1.89. The average Bonchev–Trinajstić information content (AvgIpc) is 3.20. The lowest BCUT2D eigenvalue weighted by Gasteiger charge is -1.97. The van der Waals surface area contributed by atoms with E-state index in [1.165, 1.54) is 12.1 Å². The molecule has 0 bridgehead atoms. The Labute approximate surface area is 114 Å². The third-order valence-electron chi connectivity index (χ3n) is 3.12. The van der Waals surface area contributed by atoms with Gasteiger partial charge in [-0.15, -0.1) is 0 Å². The Kier molecular flexibility index (Phi) is 2.97. The number of ether oxygens (including phenoxy) is 1. The summed E-state index contributed by atoms with van der Waals surface area (Å²) in [4.78, 5) is 10.2. The van der Waals surface area contributed by atoms with Crippen molar-refractivity contribution in [3.05, 3.63) is 74.8 Å². The van der Waals surface area contributed by atoms with Crippen LogP contribution in [0.15, 0.2) is 48.5 Å². The SMILES string of the molecule is O=[N+]([O-])c1ccc([C@H]2O[C@@H]2c2ccc(Cl)cc2)cc1. The number of nitro benzene ring substituents is 1. The van der Waals surface area contributed by atoms with E-state index in [2.05, 4.69) is 0 Å². The largest absolute Gasteiger partial charge is 0.359 e. The fraction of sp³-hybridized carbons (Fsp3) is 0.143. The number of hydrogen-bond acceptors (Lipinski definition) is 3. The summed E-state index contributed by atoms with van der Waals surface area (Å²) in [7, 11) is 0. The van der Waals surface area contributed by atoms with Crippen LogP contribution in [-0.2, 0) is 4.74 Å². The van der Waals surface area contributed by atoms with Crippen LogP contribution in [0.1, 0.15) is 23.3 Å². The number of non-ortho nitro benzene ring substituents is 1. The van der Waals surface area contributed by atoms with Crippen LogP contribution >= 0.6 is 11.6 Å². The number of benzene rings is 2. The zero-order valence-electron chi connectivity index (χ0n) is 9.82. The van der Waals surface area contributed by atoms with Gasteiger partial charge in [-0.1, -0.05) is 23.7 Å². The predicted molar refractivity (Wildman–Crippen MR) is 71.1 cm³/mol. The molecule has 0 aromatic heterocycles. The van der Waals surface area contributed by atoms with E-state index in [9.17, 15) is 10.1 Å². The molecule has 3 rings (SSSR count). The third kappa shape index (κ3) is 2.45. The second kappa shape index (κ2) is 4.64. The predicted octanol–water partition coefficient (Wildman–Crippen LogP) is 4.06. The van der Waals surface area contributed by atoms with E-state index in [-0.39, 0.29) is 17.9 Å². The van der Waals surface area contributed by atoms with Gasteiger partial charge in [0.05, 0.1) is 4.92 Å². The summed E-state index contributed by atoms with van der Waals surface area (Å²) < 4.78 is 5.62. The molecule has 4 nitrogen and oxygen atoms in total. The lowest BCUT2D eigenvalue weighted by molar-refractivity contribution is -0.384. The van der Waals surface area contributed by atoms with Gasteiger partial charge in [-0.05, 0) is 35.4 Å². The first kappa shape index (κ1) is 12.1. The number of hydrogen-bond donors (Lipinski definition) is 0. The van der Waals surface area contributed by atoms with Crippen LogP contribution in [0.4, 0.5) is 5.69 Å². The molecule has 0 unspecified atom stereocenters. The van der Waals surface area contributed by atoms with Gasteiger partial charge >= 0.3 is 0 Å².